The van der Waals surface area contributed by atoms with Crippen LogP contribution in [-0.4, -0.2) is 11.1 Å². The molecule has 2 rings (SSSR count). The van der Waals surface area contributed by atoms with Crippen molar-refractivity contribution in [2.24, 2.45) is 0 Å². The van der Waals surface area contributed by atoms with Gasteiger partial charge in [0.15, 0.2) is 0 Å². The number of hydrogen-bond donors (Lipinski definition) is 1. The summed E-state index contributed by atoms with van der Waals surface area (Å²) in [4.78, 5) is 10.8. The largest absolute Gasteiger partial charge is 0.489 e. The van der Waals surface area contributed by atoms with Crippen LogP contribution >= 0.6 is 0 Å². The summed E-state index contributed by atoms with van der Waals surface area (Å²) < 4.78 is 32.4. The number of benzene rings is 2. The summed E-state index contributed by atoms with van der Waals surface area (Å²) in [7, 11) is 0. The lowest BCUT2D eigenvalue weighted by Crippen LogP contribution is -2.06. The maximum Gasteiger partial charge on any atom is 0.338 e. The molecule has 0 aliphatic heterocycles. The number of aryl methyl sites for hydroxylation is 1. The van der Waals surface area contributed by atoms with Gasteiger partial charge in [0.05, 0.1) is 5.56 Å². The van der Waals surface area contributed by atoms with E-state index in [4.69, 9.17) is 9.84 Å². The quantitative estimate of drug-likeness (QED) is 0.930. The summed E-state index contributed by atoms with van der Waals surface area (Å²) in [6.45, 7) is 1.45. The average molecular weight is 278 g/mol. The molecule has 0 saturated heterocycles. The normalized spacial score (nSPS) is 10.3. The molecule has 0 fully saturated rings. The molecule has 1 N–H and O–H groups in total. The minimum atomic E-state index is -1.34. The van der Waals surface area contributed by atoms with E-state index in [9.17, 15) is 13.6 Å². The van der Waals surface area contributed by atoms with Crippen molar-refractivity contribution in [1.29, 1.82) is 0 Å². The van der Waals surface area contributed by atoms with Crippen LogP contribution in [0.2, 0.25) is 0 Å². The molecule has 5 heteroatoms. The van der Waals surface area contributed by atoms with E-state index in [1.165, 1.54) is 24.3 Å². The Bertz CT molecular complexity index is 654. The minimum absolute atomic E-state index is 0.103. The summed E-state index contributed by atoms with van der Waals surface area (Å²) in [6, 6.07) is 8.35. The smallest absolute Gasteiger partial charge is 0.338 e. The Morgan fingerprint density at radius 1 is 1.25 bits per heavy atom. The Labute approximate surface area is 114 Å². The average Bonchev–Trinajstić information content (AvgIpc) is 2.41. The third kappa shape index (κ3) is 2.93. The molecule has 3 nitrogen and oxygen atoms in total. The van der Waals surface area contributed by atoms with E-state index in [0.29, 0.717) is 5.56 Å². The summed E-state index contributed by atoms with van der Waals surface area (Å²) in [6.07, 6.45) is 0. The number of hydrogen-bond acceptors (Lipinski definition) is 2. The van der Waals surface area contributed by atoms with Gasteiger partial charge >= 0.3 is 5.97 Å². The number of halogens is 2. The van der Waals surface area contributed by atoms with Crippen LogP contribution < -0.4 is 4.74 Å². The lowest BCUT2D eigenvalue weighted by atomic mass is 10.1. The lowest BCUT2D eigenvalue weighted by Gasteiger charge is -2.09. The fourth-order valence-corrected chi connectivity index (χ4v) is 1.68. The Hall–Kier alpha value is -2.43. The van der Waals surface area contributed by atoms with Crippen molar-refractivity contribution in [2.75, 3.05) is 0 Å². The predicted octanol–water partition coefficient (Wildman–Crippen LogP) is 3.55. The van der Waals surface area contributed by atoms with Crippen molar-refractivity contribution in [2.45, 2.75) is 13.5 Å². The Morgan fingerprint density at radius 3 is 2.65 bits per heavy atom. The van der Waals surface area contributed by atoms with E-state index >= 15 is 0 Å². The maximum absolute atomic E-state index is 13.8. The van der Waals surface area contributed by atoms with Gasteiger partial charge in [-0.1, -0.05) is 18.2 Å². The lowest BCUT2D eigenvalue weighted by molar-refractivity contribution is 0.0691. The van der Waals surface area contributed by atoms with Gasteiger partial charge < -0.3 is 9.84 Å². The fourth-order valence-electron chi connectivity index (χ4n) is 1.68. The SMILES string of the molecule is Cc1ccc(OCc2cccc(C(=O)O)c2F)cc1F. The van der Waals surface area contributed by atoms with Crippen molar-refractivity contribution in [3.8, 4) is 5.75 Å². The zero-order chi connectivity index (χ0) is 14.7. The summed E-state index contributed by atoms with van der Waals surface area (Å²) in [5.41, 5.74) is 0.170. The second-order valence-corrected chi connectivity index (χ2v) is 4.28. The number of ether oxygens (including phenoxy) is 1. The molecule has 2 aromatic rings. The molecule has 0 amide bonds. The van der Waals surface area contributed by atoms with E-state index in [1.54, 1.807) is 19.1 Å². The van der Waals surface area contributed by atoms with E-state index in [1.807, 2.05) is 0 Å². The topological polar surface area (TPSA) is 46.5 Å². The number of carboxylic acids is 1. The molecule has 2 aromatic carbocycles. The van der Waals surface area contributed by atoms with Crippen molar-refractivity contribution in [1.82, 2.24) is 0 Å². The van der Waals surface area contributed by atoms with Gasteiger partial charge in [-0.2, -0.15) is 0 Å². The second-order valence-electron chi connectivity index (χ2n) is 4.28. The van der Waals surface area contributed by atoms with Crippen LogP contribution in [0.1, 0.15) is 21.5 Å². The molecule has 0 aliphatic carbocycles. The van der Waals surface area contributed by atoms with Crippen LogP contribution in [0.5, 0.6) is 5.75 Å². The summed E-state index contributed by atoms with van der Waals surface area (Å²) in [5, 5.41) is 8.81. The highest BCUT2D eigenvalue weighted by Gasteiger charge is 2.14. The highest BCUT2D eigenvalue weighted by Crippen LogP contribution is 2.19. The third-order valence-corrected chi connectivity index (χ3v) is 2.85. The number of carbonyl (C=O) groups is 1. The highest BCUT2D eigenvalue weighted by molar-refractivity contribution is 5.88. The molecule has 0 unspecified atom stereocenters. The van der Waals surface area contributed by atoms with Gasteiger partial charge in [0.1, 0.15) is 24.0 Å². The van der Waals surface area contributed by atoms with Crippen LogP contribution in [0.4, 0.5) is 8.78 Å². The summed E-state index contributed by atoms with van der Waals surface area (Å²) in [5.74, 6) is -2.34. The molecule has 0 radical (unpaired) electrons. The third-order valence-electron chi connectivity index (χ3n) is 2.85. The van der Waals surface area contributed by atoms with Crippen LogP contribution in [0, 0.1) is 18.6 Å². The fraction of sp³-hybridized carbons (Fsp3) is 0.133. The zero-order valence-electron chi connectivity index (χ0n) is 10.7. The van der Waals surface area contributed by atoms with Gasteiger partial charge in [-0.15, -0.1) is 0 Å². The molecule has 20 heavy (non-hydrogen) atoms. The number of aromatic carboxylic acids is 1. The Balaban J connectivity index is 2.17. The molecule has 0 aliphatic rings. The molecule has 0 spiro atoms. The number of carboxylic acid groups (broad SMARTS) is 1. The molecular formula is C15H12F2O3. The van der Waals surface area contributed by atoms with Crippen molar-refractivity contribution in [3.05, 3.63) is 64.7 Å². The van der Waals surface area contributed by atoms with Crippen molar-refractivity contribution >= 4 is 5.97 Å². The summed E-state index contributed by atoms with van der Waals surface area (Å²) >= 11 is 0. The molecule has 0 saturated carbocycles. The molecule has 0 heterocycles. The molecular weight excluding hydrogens is 266 g/mol. The molecule has 0 atom stereocenters. The Morgan fingerprint density at radius 2 is 2.00 bits per heavy atom. The van der Waals surface area contributed by atoms with E-state index < -0.39 is 23.2 Å². The highest BCUT2D eigenvalue weighted by atomic mass is 19.1. The van der Waals surface area contributed by atoms with Gasteiger partial charge in [0.2, 0.25) is 0 Å². The van der Waals surface area contributed by atoms with Gasteiger partial charge in [0, 0.05) is 11.6 Å². The van der Waals surface area contributed by atoms with E-state index in [-0.39, 0.29) is 17.9 Å². The molecule has 0 bridgehead atoms. The van der Waals surface area contributed by atoms with Crippen LogP contribution in [0.25, 0.3) is 0 Å². The monoisotopic (exact) mass is 278 g/mol. The van der Waals surface area contributed by atoms with Crippen LogP contribution in [0.3, 0.4) is 0 Å². The predicted molar refractivity (Wildman–Crippen MR) is 68.8 cm³/mol. The van der Waals surface area contributed by atoms with Gasteiger partial charge in [-0.05, 0) is 24.6 Å². The first kappa shape index (κ1) is 14.0. The van der Waals surface area contributed by atoms with Gasteiger partial charge in [0.25, 0.3) is 0 Å². The second kappa shape index (κ2) is 5.69. The number of rotatable bonds is 4. The minimum Gasteiger partial charge on any atom is -0.489 e. The van der Waals surface area contributed by atoms with Crippen LogP contribution in [-0.2, 0) is 6.61 Å². The standard InChI is InChI=1S/C15H12F2O3/c1-9-5-6-11(7-13(9)16)20-8-10-3-2-4-12(14(10)17)15(18)19/h2-7H,8H2,1H3,(H,18,19). The van der Waals surface area contributed by atoms with Crippen molar-refractivity contribution < 1.29 is 23.4 Å². The zero-order valence-corrected chi connectivity index (χ0v) is 10.7. The van der Waals surface area contributed by atoms with Crippen LogP contribution in [0.15, 0.2) is 36.4 Å². The Kier molecular flexibility index (Phi) is 3.98. The van der Waals surface area contributed by atoms with E-state index in [0.717, 1.165) is 0 Å². The first-order chi connectivity index (χ1) is 9.49. The van der Waals surface area contributed by atoms with Crippen molar-refractivity contribution in [3.63, 3.8) is 0 Å². The first-order valence-corrected chi connectivity index (χ1v) is 5.88. The molecule has 0 aromatic heterocycles. The van der Waals surface area contributed by atoms with Gasteiger partial charge in [-0.3, -0.25) is 0 Å². The first-order valence-electron chi connectivity index (χ1n) is 5.88. The molecule has 104 valence electrons. The van der Waals surface area contributed by atoms with Gasteiger partial charge in [-0.25, -0.2) is 13.6 Å². The maximum atomic E-state index is 13.8. The van der Waals surface area contributed by atoms with E-state index in [2.05, 4.69) is 0 Å².